The van der Waals surface area contributed by atoms with Crippen LogP contribution in [-0.4, -0.2) is 17.3 Å². The Labute approximate surface area is 134 Å². The molecular formula is C14H14BrClF3NO. The fourth-order valence-electron chi connectivity index (χ4n) is 2.60. The summed E-state index contributed by atoms with van der Waals surface area (Å²) < 4.78 is 39.4. The van der Waals surface area contributed by atoms with Crippen LogP contribution in [0.2, 0.25) is 0 Å². The minimum atomic E-state index is -4.58. The summed E-state index contributed by atoms with van der Waals surface area (Å²) in [5, 5.41) is 2.70. The third-order valence-corrected chi connectivity index (χ3v) is 4.73. The molecule has 1 aliphatic carbocycles. The van der Waals surface area contributed by atoms with Crippen LogP contribution in [0, 0.1) is 0 Å². The topological polar surface area (TPSA) is 29.1 Å². The molecule has 0 radical (unpaired) electrons. The van der Waals surface area contributed by atoms with Gasteiger partial charge in [0.1, 0.15) is 0 Å². The Hall–Kier alpha value is -0.750. The van der Waals surface area contributed by atoms with Crippen molar-refractivity contribution in [3.63, 3.8) is 0 Å². The predicted octanol–water partition coefficient (Wildman–Crippen LogP) is 4.75. The molecule has 0 saturated heterocycles. The van der Waals surface area contributed by atoms with Gasteiger partial charge in [0.05, 0.1) is 16.7 Å². The van der Waals surface area contributed by atoms with E-state index in [1.807, 2.05) is 0 Å². The zero-order valence-corrected chi connectivity index (χ0v) is 13.4. The normalized spacial score (nSPS) is 17.8. The van der Waals surface area contributed by atoms with E-state index in [0.29, 0.717) is 12.8 Å². The molecule has 2 nitrogen and oxygen atoms in total. The van der Waals surface area contributed by atoms with Crippen LogP contribution in [0.5, 0.6) is 0 Å². The molecular weight excluding hydrogens is 371 g/mol. The van der Waals surface area contributed by atoms with E-state index in [9.17, 15) is 18.0 Å². The quantitative estimate of drug-likeness (QED) is 0.749. The van der Waals surface area contributed by atoms with Crippen molar-refractivity contribution in [2.24, 2.45) is 0 Å². The molecule has 7 heteroatoms. The third kappa shape index (κ3) is 3.72. The van der Waals surface area contributed by atoms with Crippen LogP contribution in [0.1, 0.15) is 41.6 Å². The largest absolute Gasteiger partial charge is 0.417 e. The summed E-state index contributed by atoms with van der Waals surface area (Å²) in [6.45, 7) is 0. The summed E-state index contributed by atoms with van der Waals surface area (Å²) in [6.07, 6.45) is -1.36. The van der Waals surface area contributed by atoms with Crippen molar-refractivity contribution in [3.8, 4) is 0 Å². The van der Waals surface area contributed by atoms with Crippen molar-refractivity contribution >= 4 is 33.4 Å². The molecule has 2 rings (SSSR count). The highest BCUT2D eigenvalue weighted by atomic mass is 79.9. The molecule has 0 bridgehead atoms. The van der Waals surface area contributed by atoms with Crippen molar-refractivity contribution in [3.05, 3.63) is 33.8 Å². The maximum absolute atomic E-state index is 13.1. The molecule has 0 unspecified atom stereocenters. The zero-order valence-electron chi connectivity index (χ0n) is 11.1. The molecule has 1 aliphatic rings. The number of alkyl halides is 4. The smallest absolute Gasteiger partial charge is 0.345 e. The van der Waals surface area contributed by atoms with E-state index in [1.54, 1.807) is 0 Å². The lowest BCUT2D eigenvalue weighted by atomic mass is 9.98. The first kappa shape index (κ1) is 16.6. The molecule has 0 heterocycles. The molecule has 0 spiro atoms. The summed E-state index contributed by atoms with van der Waals surface area (Å²) >= 11 is 8.90. The van der Waals surface area contributed by atoms with Gasteiger partial charge in [-0.05, 0) is 31.0 Å². The number of rotatable bonds is 3. The SMILES string of the molecule is O=C(NC1(CCl)CCCC1)c1ccc(Br)cc1C(F)(F)F. The van der Waals surface area contributed by atoms with E-state index in [1.165, 1.54) is 12.1 Å². The van der Waals surface area contributed by atoms with Gasteiger partial charge in [0, 0.05) is 10.4 Å². The molecule has 116 valence electrons. The predicted molar refractivity (Wildman–Crippen MR) is 78.5 cm³/mol. The molecule has 1 aromatic rings. The van der Waals surface area contributed by atoms with Gasteiger partial charge < -0.3 is 5.32 Å². The van der Waals surface area contributed by atoms with E-state index >= 15 is 0 Å². The highest BCUT2D eigenvalue weighted by Crippen LogP contribution is 2.35. The van der Waals surface area contributed by atoms with Gasteiger partial charge in [-0.25, -0.2) is 0 Å². The van der Waals surface area contributed by atoms with E-state index in [0.717, 1.165) is 18.9 Å². The molecule has 0 aliphatic heterocycles. The number of hydrogen-bond acceptors (Lipinski definition) is 1. The van der Waals surface area contributed by atoms with Gasteiger partial charge in [0.2, 0.25) is 0 Å². The van der Waals surface area contributed by atoms with E-state index in [-0.39, 0.29) is 15.9 Å². The Morgan fingerprint density at radius 2 is 1.95 bits per heavy atom. The second-order valence-electron chi connectivity index (χ2n) is 5.26. The van der Waals surface area contributed by atoms with Crippen molar-refractivity contribution in [2.45, 2.75) is 37.4 Å². The Bertz CT molecular complexity index is 542. The fourth-order valence-corrected chi connectivity index (χ4v) is 3.30. The van der Waals surface area contributed by atoms with Crippen molar-refractivity contribution in [2.75, 3.05) is 5.88 Å². The van der Waals surface area contributed by atoms with Crippen LogP contribution in [0.15, 0.2) is 22.7 Å². The second kappa shape index (κ2) is 6.16. The number of amides is 1. The third-order valence-electron chi connectivity index (χ3n) is 3.73. The number of hydrogen-bond donors (Lipinski definition) is 1. The molecule has 0 atom stereocenters. The molecule has 21 heavy (non-hydrogen) atoms. The maximum Gasteiger partial charge on any atom is 0.417 e. The average molecular weight is 385 g/mol. The standard InChI is InChI=1S/C14H14BrClF3NO/c15-9-3-4-10(11(7-9)14(17,18)19)12(21)20-13(8-16)5-1-2-6-13/h3-4,7H,1-2,5-6,8H2,(H,20,21). The van der Waals surface area contributed by atoms with Gasteiger partial charge in [-0.3, -0.25) is 4.79 Å². The van der Waals surface area contributed by atoms with Crippen molar-refractivity contribution in [1.82, 2.24) is 5.32 Å². The van der Waals surface area contributed by atoms with Crippen molar-refractivity contribution in [1.29, 1.82) is 0 Å². The maximum atomic E-state index is 13.1. The Balaban J connectivity index is 2.31. The molecule has 1 amide bonds. The van der Waals surface area contributed by atoms with Crippen LogP contribution in [0.3, 0.4) is 0 Å². The first-order valence-electron chi connectivity index (χ1n) is 6.53. The van der Waals surface area contributed by atoms with E-state index < -0.39 is 23.2 Å². The summed E-state index contributed by atoms with van der Waals surface area (Å²) in [4.78, 5) is 12.3. The van der Waals surface area contributed by atoms with Crippen LogP contribution in [0.25, 0.3) is 0 Å². The van der Waals surface area contributed by atoms with Crippen molar-refractivity contribution < 1.29 is 18.0 Å². The van der Waals surface area contributed by atoms with Crippen LogP contribution in [0.4, 0.5) is 13.2 Å². The van der Waals surface area contributed by atoms with Gasteiger partial charge in [0.25, 0.3) is 5.91 Å². The minimum Gasteiger partial charge on any atom is -0.345 e. The molecule has 1 fully saturated rings. The monoisotopic (exact) mass is 383 g/mol. The Kier molecular flexibility index (Phi) is 4.88. The zero-order chi connectivity index (χ0) is 15.7. The number of benzene rings is 1. The fraction of sp³-hybridized carbons (Fsp3) is 0.500. The molecule has 1 N–H and O–H groups in total. The van der Waals surface area contributed by atoms with E-state index in [2.05, 4.69) is 21.2 Å². The number of halogens is 5. The number of carbonyl (C=O) groups is 1. The average Bonchev–Trinajstić information content (AvgIpc) is 2.86. The summed E-state index contributed by atoms with van der Waals surface area (Å²) in [7, 11) is 0. The Morgan fingerprint density at radius 3 is 2.48 bits per heavy atom. The van der Waals surface area contributed by atoms with Gasteiger partial charge in [0.15, 0.2) is 0 Å². The highest BCUT2D eigenvalue weighted by Gasteiger charge is 2.39. The summed E-state index contributed by atoms with van der Waals surface area (Å²) in [5.41, 5.74) is -1.91. The lowest BCUT2D eigenvalue weighted by Gasteiger charge is -2.28. The van der Waals surface area contributed by atoms with Gasteiger partial charge in [-0.2, -0.15) is 13.2 Å². The number of carbonyl (C=O) groups excluding carboxylic acids is 1. The Morgan fingerprint density at radius 1 is 1.33 bits per heavy atom. The van der Waals surface area contributed by atoms with E-state index in [4.69, 9.17) is 11.6 Å². The molecule has 0 aromatic heterocycles. The summed E-state index contributed by atoms with van der Waals surface area (Å²) in [6, 6.07) is 3.52. The summed E-state index contributed by atoms with van der Waals surface area (Å²) in [5.74, 6) is -0.520. The first-order chi connectivity index (χ1) is 9.77. The first-order valence-corrected chi connectivity index (χ1v) is 7.85. The lowest BCUT2D eigenvalue weighted by Crippen LogP contribution is -2.48. The van der Waals surface area contributed by atoms with Crippen LogP contribution < -0.4 is 5.32 Å². The van der Waals surface area contributed by atoms with Crippen LogP contribution in [-0.2, 0) is 6.18 Å². The molecule has 1 aromatic carbocycles. The van der Waals surface area contributed by atoms with Gasteiger partial charge in [-0.1, -0.05) is 28.8 Å². The van der Waals surface area contributed by atoms with Gasteiger partial charge >= 0.3 is 6.18 Å². The lowest BCUT2D eigenvalue weighted by molar-refractivity contribution is -0.138. The second-order valence-corrected chi connectivity index (χ2v) is 6.45. The van der Waals surface area contributed by atoms with Gasteiger partial charge in [-0.15, -0.1) is 11.6 Å². The highest BCUT2D eigenvalue weighted by molar-refractivity contribution is 9.10. The molecule has 1 saturated carbocycles. The number of nitrogens with one attached hydrogen (secondary N) is 1. The van der Waals surface area contributed by atoms with Crippen LogP contribution >= 0.6 is 27.5 Å². The minimum absolute atomic E-state index is 0.205.